The van der Waals surface area contributed by atoms with Gasteiger partial charge in [0.25, 0.3) is 0 Å². The highest BCUT2D eigenvalue weighted by molar-refractivity contribution is 7.89. The van der Waals surface area contributed by atoms with E-state index in [2.05, 4.69) is 10.3 Å². The molecular weight excluding hydrogens is 459 g/mol. The lowest BCUT2D eigenvalue weighted by molar-refractivity contribution is -0.121. The van der Waals surface area contributed by atoms with Crippen LogP contribution < -0.4 is 10.5 Å². The van der Waals surface area contributed by atoms with Crippen molar-refractivity contribution in [2.45, 2.75) is 50.6 Å². The van der Waals surface area contributed by atoms with Gasteiger partial charge in [-0.15, -0.1) is 0 Å². The number of carbonyl (C=O) groups is 1. The number of primary sulfonamides is 1. The Morgan fingerprint density at radius 1 is 1.23 bits per heavy atom. The van der Waals surface area contributed by atoms with Gasteiger partial charge in [0.15, 0.2) is 0 Å². The van der Waals surface area contributed by atoms with Gasteiger partial charge < -0.3 is 9.88 Å². The lowest BCUT2D eigenvalue weighted by atomic mass is 10.1. The quantitative estimate of drug-likeness (QED) is 0.501. The third kappa shape index (κ3) is 5.57. The number of benzene rings is 2. The van der Waals surface area contributed by atoms with Crippen LogP contribution in [0.15, 0.2) is 41.3 Å². The molecule has 0 spiro atoms. The largest absolute Gasteiger partial charge is 0.350 e. The number of rotatable bonds is 8. The zero-order valence-electron chi connectivity index (χ0n) is 17.2. The van der Waals surface area contributed by atoms with Gasteiger partial charge in [-0.3, -0.25) is 4.79 Å². The number of fused-ring (bicyclic) bond motifs is 1. The molecule has 0 radical (unpaired) electrons. The average Bonchev–Trinajstić information content (AvgIpc) is 3.02. The first-order valence-electron chi connectivity index (χ1n) is 9.86. The first kappa shape index (κ1) is 23.5. The van der Waals surface area contributed by atoms with Crippen LogP contribution in [0, 0.1) is 0 Å². The van der Waals surface area contributed by atoms with E-state index in [0.29, 0.717) is 28.5 Å². The highest BCUT2D eigenvalue weighted by Gasteiger charge is 2.17. The first-order chi connectivity index (χ1) is 14.6. The van der Waals surface area contributed by atoms with E-state index in [1.54, 1.807) is 24.3 Å². The van der Waals surface area contributed by atoms with Crippen molar-refractivity contribution < 1.29 is 13.2 Å². The van der Waals surface area contributed by atoms with Crippen LogP contribution in [0.25, 0.3) is 11.0 Å². The minimum absolute atomic E-state index is 0.0131. The van der Waals surface area contributed by atoms with Crippen molar-refractivity contribution >= 4 is 50.2 Å². The molecule has 1 heterocycles. The highest BCUT2D eigenvalue weighted by Crippen LogP contribution is 2.26. The van der Waals surface area contributed by atoms with E-state index < -0.39 is 10.0 Å². The monoisotopic (exact) mass is 482 g/mol. The summed E-state index contributed by atoms with van der Waals surface area (Å²) >= 11 is 12.2. The lowest BCUT2D eigenvalue weighted by Gasteiger charge is -2.16. The number of nitrogens with zero attached hydrogens (tertiary/aromatic N) is 2. The van der Waals surface area contributed by atoms with Crippen molar-refractivity contribution in [3.63, 3.8) is 0 Å². The van der Waals surface area contributed by atoms with Crippen LogP contribution in [0.4, 0.5) is 0 Å². The number of aryl methyl sites for hydroxylation is 2. The summed E-state index contributed by atoms with van der Waals surface area (Å²) < 4.78 is 25.3. The predicted molar refractivity (Wildman–Crippen MR) is 123 cm³/mol. The molecule has 1 aromatic heterocycles. The molecule has 0 saturated carbocycles. The van der Waals surface area contributed by atoms with Crippen molar-refractivity contribution in [3.8, 4) is 0 Å². The molecule has 3 N–H and O–H groups in total. The second-order valence-electron chi connectivity index (χ2n) is 7.33. The van der Waals surface area contributed by atoms with Crippen LogP contribution in [0.2, 0.25) is 10.0 Å². The molecule has 31 heavy (non-hydrogen) atoms. The molecule has 0 aliphatic carbocycles. The maximum absolute atomic E-state index is 12.5. The van der Waals surface area contributed by atoms with Gasteiger partial charge in [-0.1, -0.05) is 36.2 Å². The number of amides is 1. The summed E-state index contributed by atoms with van der Waals surface area (Å²) in [6.45, 7) is 4.60. The van der Waals surface area contributed by atoms with Crippen molar-refractivity contribution in [1.82, 2.24) is 14.9 Å². The lowest BCUT2D eigenvalue weighted by Crippen LogP contribution is -2.27. The molecule has 0 aliphatic rings. The fourth-order valence-electron chi connectivity index (χ4n) is 3.47. The second kappa shape index (κ2) is 9.56. The SMILES string of the molecule is CCCn1c(CCC(=O)NC(C)c2ccc(Cl)cc2Cl)nc2cc(S(N)(=O)=O)ccc21. The standard InChI is InChI=1S/C21H24Cl2N4O3S/c1-3-10-27-19-7-5-15(31(24,29)30)12-18(19)26-20(27)8-9-21(28)25-13(2)16-6-4-14(22)11-17(16)23/h4-7,11-13H,3,8-10H2,1-2H3,(H,25,28)(H2,24,29,30). The van der Waals surface area contributed by atoms with Gasteiger partial charge in [-0.25, -0.2) is 18.5 Å². The fraction of sp³-hybridized carbons (Fsp3) is 0.333. The molecule has 2 aromatic carbocycles. The Kier molecular flexibility index (Phi) is 7.26. The third-order valence-corrected chi connectivity index (χ3v) is 6.43. The van der Waals surface area contributed by atoms with Crippen LogP contribution in [0.1, 0.15) is 44.1 Å². The minimum Gasteiger partial charge on any atom is -0.350 e. The predicted octanol–water partition coefficient (Wildman–Crippen LogP) is 4.21. The van der Waals surface area contributed by atoms with Crippen molar-refractivity contribution in [2.24, 2.45) is 5.14 Å². The zero-order chi connectivity index (χ0) is 22.8. The summed E-state index contributed by atoms with van der Waals surface area (Å²) in [5, 5.41) is 9.20. The van der Waals surface area contributed by atoms with Gasteiger partial charge >= 0.3 is 0 Å². The van der Waals surface area contributed by atoms with Gasteiger partial charge in [-0.05, 0) is 49.2 Å². The number of imidazole rings is 1. The van der Waals surface area contributed by atoms with Crippen LogP contribution in [0.3, 0.4) is 0 Å². The Morgan fingerprint density at radius 2 is 1.97 bits per heavy atom. The number of hydrogen-bond donors (Lipinski definition) is 2. The van der Waals surface area contributed by atoms with Gasteiger partial charge in [0.2, 0.25) is 15.9 Å². The summed E-state index contributed by atoms with van der Waals surface area (Å²) in [5.74, 6) is 0.578. The Labute approximate surface area is 191 Å². The molecule has 1 unspecified atom stereocenters. The minimum atomic E-state index is -3.81. The maximum Gasteiger partial charge on any atom is 0.238 e. The number of nitrogens with two attached hydrogens (primary N) is 1. The van der Waals surface area contributed by atoms with Crippen LogP contribution in [-0.2, 0) is 27.8 Å². The van der Waals surface area contributed by atoms with E-state index in [0.717, 1.165) is 23.3 Å². The molecule has 3 rings (SSSR count). The number of sulfonamides is 1. The molecule has 1 amide bonds. The molecule has 0 aliphatic heterocycles. The third-order valence-electron chi connectivity index (χ3n) is 4.96. The van der Waals surface area contributed by atoms with Gasteiger partial charge in [0, 0.05) is 29.4 Å². The highest BCUT2D eigenvalue weighted by atomic mass is 35.5. The zero-order valence-corrected chi connectivity index (χ0v) is 19.6. The molecule has 7 nitrogen and oxygen atoms in total. The molecule has 0 fully saturated rings. The molecule has 3 aromatic rings. The molecular formula is C21H24Cl2N4O3S. The number of aromatic nitrogens is 2. The van der Waals surface area contributed by atoms with Gasteiger partial charge in [-0.2, -0.15) is 0 Å². The van der Waals surface area contributed by atoms with Crippen molar-refractivity contribution in [1.29, 1.82) is 0 Å². The Hall–Kier alpha value is -2.13. The Balaban J connectivity index is 1.76. The van der Waals surface area contributed by atoms with Gasteiger partial charge in [0.1, 0.15) is 5.82 Å². The Bertz CT molecular complexity index is 1220. The molecule has 166 valence electrons. The average molecular weight is 483 g/mol. The molecule has 10 heteroatoms. The normalized spacial score (nSPS) is 12.8. The summed E-state index contributed by atoms with van der Waals surface area (Å²) in [5.41, 5.74) is 2.14. The van der Waals surface area contributed by atoms with Crippen molar-refractivity contribution in [3.05, 3.63) is 57.8 Å². The van der Waals surface area contributed by atoms with Crippen LogP contribution in [0.5, 0.6) is 0 Å². The van der Waals surface area contributed by atoms with E-state index in [4.69, 9.17) is 28.3 Å². The van der Waals surface area contributed by atoms with E-state index in [9.17, 15) is 13.2 Å². The number of halogens is 2. The number of nitrogens with one attached hydrogen (secondary N) is 1. The van der Waals surface area contributed by atoms with Crippen molar-refractivity contribution in [2.75, 3.05) is 0 Å². The summed E-state index contributed by atoms with van der Waals surface area (Å²) in [7, 11) is -3.81. The van der Waals surface area contributed by atoms with E-state index in [1.165, 1.54) is 12.1 Å². The number of carbonyl (C=O) groups excluding carboxylic acids is 1. The summed E-state index contributed by atoms with van der Waals surface area (Å²) in [6.07, 6.45) is 1.50. The number of hydrogen-bond acceptors (Lipinski definition) is 4. The first-order valence-corrected chi connectivity index (χ1v) is 12.2. The summed E-state index contributed by atoms with van der Waals surface area (Å²) in [4.78, 5) is 17.1. The molecule has 0 saturated heterocycles. The fourth-order valence-corrected chi connectivity index (χ4v) is 4.58. The molecule has 1 atom stereocenters. The van der Waals surface area contributed by atoms with E-state index in [1.807, 2.05) is 18.4 Å². The second-order valence-corrected chi connectivity index (χ2v) is 9.74. The molecule has 0 bridgehead atoms. The van der Waals surface area contributed by atoms with E-state index >= 15 is 0 Å². The Morgan fingerprint density at radius 3 is 2.61 bits per heavy atom. The summed E-state index contributed by atoms with van der Waals surface area (Å²) in [6, 6.07) is 9.53. The van der Waals surface area contributed by atoms with Crippen LogP contribution >= 0.6 is 23.2 Å². The smallest absolute Gasteiger partial charge is 0.238 e. The topological polar surface area (TPSA) is 107 Å². The van der Waals surface area contributed by atoms with Gasteiger partial charge in [0.05, 0.1) is 22.0 Å². The maximum atomic E-state index is 12.5. The van der Waals surface area contributed by atoms with Crippen LogP contribution in [-0.4, -0.2) is 23.9 Å². The van der Waals surface area contributed by atoms with E-state index in [-0.39, 0.29) is 23.3 Å².